The van der Waals surface area contributed by atoms with Gasteiger partial charge in [-0.05, 0) is 25.0 Å². The van der Waals surface area contributed by atoms with Gasteiger partial charge in [-0.25, -0.2) is 4.68 Å². The Labute approximate surface area is 127 Å². The average molecular weight is 287 g/mol. The molecule has 0 aliphatic rings. The first-order valence-corrected chi connectivity index (χ1v) is 7.58. The van der Waals surface area contributed by atoms with Crippen LogP contribution in [0.15, 0.2) is 42.7 Å². The summed E-state index contributed by atoms with van der Waals surface area (Å²) in [6, 6.07) is 10.4. The molecule has 0 aliphatic heterocycles. The predicted octanol–water partition coefficient (Wildman–Crippen LogP) is 3.20. The van der Waals surface area contributed by atoms with Crippen molar-refractivity contribution in [1.29, 1.82) is 0 Å². The number of nitrogens with zero attached hydrogens (tertiary/aromatic N) is 2. The van der Waals surface area contributed by atoms with Gasteiger partial charge >= 0.3 is 0 Å². The highest BCUT2D eigenvalue weighted by Crippen LogP contribution is 2.13. The minimum atomic E-state index is 0.269. The molecule has 4 nitrogen and oxygen atoms in total. The maximum absolute atomic E-state index is 5.57. The molecule has 1 aromatic carbocycles. The Bertz CT molecular complexity index is 522. The van der Waals surface area contributed by atoms with Gasteiger partial charge in [-0.3, -0.25) is 0 Å². The molecule has 0 saturated carbocycles. The second-order valence-electron chi connectivity index (χ2n) is 5.70. The van der Waals surface area contributed by atoms with Crippen molar-refractivity contribution >= 4 is 0 Å². The van der Waals surface area contributed by atoms with Crippen molar-refractivity contribution in [3.63, 3.8) is 0 Å². The molecule has 0 aliphatic carbocycles. The molecule has 2 aromatic rings. The quantitative estimate of drug-likeness (QED) is 0.758. The summed E-state index contributed by atoms with van der Waals surface area (Å²) in [5.74, 6) is 0.589. The summed E-state index contributed by atoms with van der Waals surface area (Å²) < 4.78 is 7.48. The Morgan fingerprint density at radius 1 is 1.19 bits per heavy atom. The third-order valence-corrected chi connectivity index (χ3v) is 3.27. The maximum atomic E-state index is 5.57. The normalized spacial score (nSPS) is 12.8. The number of benzene rings is 1. The highest BCUT2D eigenvalue weighted by Gasteiger charge is 2.08. The van der Waals surface area contributed by atoms with Gasteiger partial charge in [-0.2, -0.15) is 5.10 Å². The summed E-state index contributed by atoms with van der Waals surface area (Å²) in [6.07, 6.45) is 3.99. The van der Waals surface area contributed by atoms with Crippen LogP contribution in [0.5, 0.6) is 0 Å². The molecule has 1 heterocycles. The van der Waals surface area contributed by atoms with E-state index in [9.17, 15) is 0 Å². The lowest BCUT2D eigenvalue weighted by atomic mass is 10.2. The molecule has 114 valence electrons. The van der Waals surface area contributed by atoms with E-state index in [1.54, 1.807) is 0 Å². The zero-order chi connectivity index (χ0) is 15.1. The van der Waals surface area contributed by atoms with Crippen molar-refractivity contribution in [2.24, 2.45) is 5.92 Å². The molecule has 0 spiro atoms. The van der Waals surface area contributed by atoms with Crippen molar-refractivity contribution in [2.75, 3.05) is 19.8 Å². The summed E-state index contributed by atoms with van der Waals surface area (Å²) in [7, 11) is 0. The SMILES string of the molecule is CC(C)COCCNC(C)c1cnn(-c2ccccc2)c1. The number of ether oxygens (including phenoxy) is 1. The molecule has 2 rings (SSSR count). The lowest BCUT2D eigenvalue weighted by Crippen LogP contribution is -2.23. The van der Waals surface area contributed by atoms with Crippen molar-refractivity contribution < 1.29 is 4.74 Å². The first-order valence-electron chi connectivity index (χ1n) is 7.58. The molecule has 0 radical (unpaired) electrons. The van der Waals surface area contributed by atoms with Crippen LogP contribution < -0.4 is 5.32 Å². The van der Waals surface area contributed by atoms with Crippen LogP contribution in [-0.2, 0) is 4.74 Å². The van der Waals surface area contributed by atoms with Gasteiger partial charge in [0.05, 0.1) is 18.5 Å². The number of rotatable bonds is 8. The van der Waals surface area contributed by atoms with Gasteiger partial charge in [0, 0.05) is 31.0 Å². The number of nitrogens with one attached hydrogen (secondary N) is 1. The highest BCUT2D eigenvalue weighted by molar-refractivity contribution is 5.31. The van der Waals surface area contributed by atoms with Gasteiger partial charge in [-0.1, -0.05) is 32.0 Å². The molecule has 1 N–H and O–H groups in total. The molecule has 1 atom stereocenters. The first-order chi connectivity index (χ1) is 10.2. The number of para-hydroxylation sites is 1. The fourth-order valence-electron chi connectivity index (χ4n) is 2.07. The van der Waals surface area contributed by atoms with E-state index >= 15 is 0 Å². The Balaban J connectivity index is 1.81. The van der Waals surface area contributed by atoms with E-state index in [-0.39, 0.29) is 6.04 Å². The lowest BCUT2D eigenvalue weighted by Gasteiger charge is -2.12. The van der Waals surface area contributed by atoms with Crippen molar-refractivity contribution in [3.05, 3.63) is 48.3 Å². The minimum Gasteiger partial charge on any atom is -0.380 e. The molecule has 21 heavy (non-hydrogen) atoms. The number of hydrogen-bond donors (Lipinski definition) is 1. The zero-order valence-corrected chi connectivity index (χ0v) is 13.1. The van der Waals surface area contributed by atoms with Gasteiger partial charge in [0.2, 0.25) is 0 Å². The standard InChI is InChI=1S/C17H25N3O/c1-14(2)13-21-10-9-18-15(3)16-11-19-20(12-16)17-7-5-4-6-8-17/h4-8,11-12,14-15,18H,9-10,13H2,1-3H3. The first kappa shape index (κ1) is 15.7. The van der Waals surface area contributed by atoms with Crippen molar-refractivity contribution in [3.8, 4) is 5.69 Å². The Morgan fingerprint density at radius 3 is 2.67 bits per heavy atom. The Kier molecular flexibility index (Phi) is 5.96. The largest absolute Gasteiger partial charge is 0.380 e. The van der Waals surface area contributed by atoms with Crippen LogP contribution in [0.2, 0.25) is 0 Å². The van der Waals surface area contributed by atoms with E-state index in [1.807, 2.05) is 29.1 Å². The monoisotopic (exact) mass is 287 g/mol. The summed E-state index contributed by atoms with van der Waals surface area (Å²) in [4.78, 5) is 0. The van der Waals surface area contributed by atoms with E-state index < -0.39 is 0 Å². The van der Waals surface area contributed by atoms with Crippen LogP contribution >= 0.6 is 0 Å². The van der Waals surface area contributed by atoms with Gasteiger partial charge < -0.3 is 10.1 Å². The number of aromatic nitrogens is 2. The van der Waals surface area contributed by atoms with Crippen LogP contribution in [0.25, 0.3) is 5.69 Å². The van der Waals surface area contributed by atoms with Gasteiger partial charge in [0.1, 0.15) is 0 Å². The summed E-state index contributed by atoms with van der Waals surface area (Å²) in [5.41, 5.74) is 2.26. The average Bonchev–Trinajstić information content (AvgIpc) is 2.97. The lowest BCUT2D eigenvalue weighted by molar-refractivity contribution is 0.110. The molecule has 4 heteroatoms. The molecule has 1 unspecified atom stereocenters. The number of hydrogen-bond acceptors (Lipinski definition) is 3. The van der Waals surface area contributed by atoms with Crippen LogP contribution in [-0.4, -0.2) is 29.5 Å². The summed E-state index contributed by atoms with van der Waals surface area (Å²) in [5, 5.41) is 7.88. The van der Waals surface area contributed by atoms with Crippen LogP contribution in [0.3, 0.4) is 0 Å². The second kappa shape index (κ2) is 7.96. The summed E-state index contributed by atoms with van der Waals surface area (Å²) in [6.45, 7) is 8.89. The van der Waals surface area contributed by atoms with Crippen LogP contribution in [0.1, 0.15) is 32.4 Å². The Morgan fingerprint density at radius 2 is 1.95 bits per heavy atom. The van der Waals surface area contributed by atoms with E-state index in [1.165, 1.54) is 5.56 Å². The molecule has 0 saturated heterocycles. The van der Waals surface area contributed by atoms with Gasteiger partial charge in [0.25, 0.3) is 0 Å². The van der Waals surface area contributed by atoms with E-state index in [2.05, 4.69) is 49.5 Å². The molecular formula is C17H25N3O. The molecule has 0 fully saturated rings. The smallest absolute Gasteiger partial charge is 0.0645 e. The fraction of sp³-hybridized carbons (Fsp3) is 0.471. The summed E-state index contributed by atoms with van der Waals surface area (Å²) >= 11 is 0. The minimum absolute atomic E-state index is 0.269. The topological polar surface area (TPSA) is 39.1 Å². The third-order valence-electron chi connectivity index (χ3n) is 3.27. The fourth-order valence-corrected chi connectivity index (χ4v) is 2.07. The maximum Gasteiger partial charge on any atom is 0.0645 e. The van der Waals surface area contributed by atoms with Crippen LogP contribution in [0, 0.1) is 5.92 Å². The van der Waals surface area contributed by atoms with Crippen molar-refractivity contribution in [1.82, 2.24) is 15.1 Å². The molecular weight excluding hydrogens is 262 g/mol. The Hall–Kier alpha value is -1.65. The van der Waals surface area contributed by atoms with E-state index in [4.69, 9.17) is 4.74 Å². The van der Waals surface area contributed by atoms with E-state index in [0.29, 0.717) is 5.92 Å². The van der Waals surface area contributed by atoms with Crippen molar-refractivity contribution in [2.45, 2.75) is 26.8 Å². The zero-order valence-electron chi connectivity index (χ0n) is 13.1. The van der Waals surface area contributed by atoms with Gasteiger partial charge in [0.15, 0.2) is 0 Å². The van der Waals surface area contributed by atoms with Gasteiger partial charge in [-0.15, -0.1) is 0 Å². The molecule has 1 aromatic heterocycles. The van der Waals surface area contributed by atoms with Crippen LogP contribution in [0.4, 0.5) is 0 Å². The third kappa shape index (κ3) is 4.99. The second-order valence-corrected chi connectivity index (χ2v) is 5.70. The highest BCUT2D eigenvalue weighted by atomic mass is 16.5. The molecule has 0 bridgehead atoms. The predicted molar refractivity (Wildman–Crippen MR) is 85.6 cm³/mol. The molecule has 0 amide bonds. The van der Waals surface area contributed by atoms with E-state index in [0.717, 1.165) is 25.4 Å².